The van der Waals surface area contributed by atoms with Crippen molar-refractivity contribution in [3.8, 4) is 0 Å². The highest BCUT2D eigenvalue weighted by molar-refractivity contribution is 8.13. The molecule has 0 unspecified atom stereocenters. The van der Waals surface area contributed by atoms with E-state index in [2.05, 4.69) is 82.9 Å². The lowest BCUT2D eigenvalue weighted by molar-refractivity contribution is -0.110. The van der Waals surface area contributed by atoms with E-state index >= 15 is 0 Å². The van der Waals surface area contributed by atoms with Gasteiger partial charge < -0.3 is 4.52 Å². The maximum Gasteiger partial charge on any atom is 0.227 e. The highest BCUT2D eigenvalue weighted by Crippen LogP contribution is 2.55. The molecule has 3 aromatic carbocycles. The highest BCUT2D eigenvalue weighted by Gasteiger charge is 2.45. The van der Waals surface area contributed by atoms with Crippen LogP contribution in [0.1, 0.15) is 12.3 Å². The molecule has 0 N–H and O–H groups in total. The first-order chi connectivity index (χ1) is 15.3. The Labute approximate surface area is 187 Å². The predicted octanol–water partition coefficient (Wildman–Crippen LogP) is 4.26. The average molecular weight is 448 g/mol. The van der Waals surface area contributed by atoms with Gasteiger partial charge >= 0.3 is 0 Å². The number of carbonyl (C=O) groups is 1. The maximum absolute atomic E-state index is 12.8. The van der Waals surface area contributed by atoms with Gasteiger partial charge in [-0.1, -0.05) is 71.5 Å². The molecular weight excluding hydrogens is 423 g/mol. The summed E-state index contributed by atoms with van der Waals surface area (Å²) in [4.78, 5) is 16.8. The van der Waals surface area contributed by atoms with Crippen molar-refractivity contribution in [1.82, 2.24) is 10.1 Å². The van der Waals surface area contributed by atoms with Crippen LogP contribution in [0.25, 0.3) is 0 Å². The van der Waals surface area contributed by atoms with Crippen LogP contribution in [0.5, 0.6) is 0 Å². The lowest BCUT2D eigenvalue weighted by Crippen LogP contribution is -2.33. The zero-order chi connectivity index (χ0) is 21.4. The summed E-state index contributed by atoms with van der Waals surface area (Å²) in [6.45, 7) is 0. The van der Waals surface area contributed by atoms with E-state index in [0.29, 0.717) is 24.5 Å². The molecular formula is C25H24N2O2PS+. The minimum atomic E-state index is -1.96. The molecule has 0 aliphatic heterocycles. The molecule has 0 aliphatic rings. The minimum Gasteiger partial charge on any atom is -0.340 e. The molecule has 0 amide bonds. The van der Waals surface area contributed by atoms with E-state index in [1.807, 2.05) is 18.2 Å². The number of thioether (sulfide) groups is 1. The van der Waals surface area contributed by atoms with Gasteiger partial charge in [-0.05, 0) is 36.4 Å². The fourth-order valence-corrected chi connectivity index (χ4v) is 8.92. The summed E-state index contributed by atoms with van der Waals surface area (Å²) in [6, 6.07) is 32.0. The fourth-order valence-electron chi connectivity index (χ4n) is 3.77. The zero-order valence-electron chi connectivity index (χ0n) is 17.1. The van der Waals surface area contributed by atoms with Gasteiger partial charge in [-0.15, -0.1) is 0 Å². The molecule has 0 spiro atoms. The van der Waals surface area contributed by atoms with E-state index in [0.717, 1.165) is 6.16 Å². The van der Waals surface area contributed by atoms with Gasteiger partial charge in [0, 0.05) is 12.2 Å². The second-order valence-electron chi connectivity index (χ2n) is 7.10. The molecule has 0 atom stereocenters. The van der Waals surface area contributed by atoms with Gasteiger partial charge in [0.1, 0.15) is 23.2 Å². The van der Waals surface area contributed by atoms with E-state index in [4.69, 9.17) is 4.52 Å². The SMILES string of the molecule is O=C(CC[P+](c1ccccc1)(c1ccccc1)c1ccccc1)SCCc1ncno1. The summed E-state index contributed by atoms with van der Waals surface area (Å²) in [6.07, 6.45) is 3.31. The second-order valence-corrected chi connectivity index (χ2v) is 11.9. The molecule has 0 aliphatic carbocycles. The van der Waals surface area contributed by atoms with Crippen LogP contribution in [0.15, 0.2) is 102 Å². The van der Waals surface area contributed by atoms with E-state index in [9.17, 15) is 4.79 Å². The van der Waals surface area contributed by atoms with E-state index in [1.165, 1.54) is 34.0 Å². The molecule has 4 rings (SSSR count). The molecule has 0 fully saturated rings. The van der Waals surface area contributed by atoms with Crippen molar-refractivity contribution in [1.29, 1.82) is 0 Å². The Balaban J connectivity index is 1.61. The van der Waals surface area contributed by atoms with Gasteiger partial charge in [-0.25, -0.2) is 0 Å². The Kier molecular flexibility index (Phi) is 7.29. The first-order valence-electron chi connectivity index (χ1n) is 10.2. The van der Waals surface area contributed by atoms with Gasteiger partial charge in [0.2, 0.25) is 5.89 Å². The van der Waals surface area contributed by atoms with Crippen molar-refractivity contribution < 1.29 is 9.32 Å². The third-order valence-corrected chi connectivity index (χ3v) is 10.6. The highest BCUT2D eigenvalue weighted by atomic mass is 32.2. The smallest absolute Gasteiger partial charge is 0.227 e. The summed E-state index contributed by atoms with van der Waals surface area (Å²) >= 11 is 1.35. The summed E-state index contributed by atoms with van der Waals surface area (Å²) in [7, 11) is -1.96. The Bertz CT molecular complexity index is 978. The molecule has 0 saturated carbocycles. The lowest BCUT2D eigenvalue weighted by Gasteiger charge is -2.27. The van der Waals surface area contributed by atoms with Crippen LogP contribution in [-0.2, 0) is 11.2 Å². The molecule has 156 valence electrons. The molecule has 4 nitrogen and oxygen atoms in total. The van der Waals surface area contributed by atoms with Crippen molar-refractivity contribution in [2.24, 2.45) is 0 Å². The third kappa shape index (κ3) is 5.12. The normalized spacial score (nSPS) is 11.4. The quantitative estimate of drug-likeness (QED) is 0.359. The average Bonchev–Trinajstić information content (AvgIpc) is 3.35. The van der Waals surface area contributed by atoms with Gasteiger partial charge in [-0.3, -0.25) is 4.79 Å². The van der Waals surface area contributed by atoms with Crippen LogP contribution >= 0.6 is 19.0 Å². The standard InChI is InChI=1S/C25H24N2O2PS/c28-25(31-19-17-24-26-20-27-29-24)16-18-30(21-10-4-1-5-11-21,22-12-6-2-7-13-22)23-14-8-3-9-15-23/h1-15,20H,16-19H2/q+1. The van der Waals surface area contributed by atoms with Crippen molar-refractivity contribution in [3.63, 3.8) is 0 Å². The van der Waals surface area contributed by atoms with Gasteiger partial charge in [-0.2, -0.15) is 4.98 Å². The largest absolute Gasteiger partial charge is 0.340 e. The molecule has 31 heavy (non-hydrogen) atoms. The molecule has 6 heteroatoms. The second kappa shape index (κ2) is 10.5. The monoisotopic (exact) mass is 447 g/mol. The van der Waals surface area contributed by atoms with Crippen molar-refractivity contribution in [2.45, 2.75) is 12.8 Å². The fraction of sp³-hybridized carbons (Fsp3) is 0.160. The number of aryl methyl sites for hydroxylation is 1. The van der Waals surface area contributed by atoms with Crippen molar-refractivity contribution in [3.05, 3.63) is 103 Å². The van der Waals surface area contributed by atoms with Crippen molar-refractivity contribution >= 4 is 40.1 Å². The van der Waals surface area contributed by atoms with Crippen LogP contribution in [0, 0.1) is 0 Å². The van der Waals surface area contributed by atoms with E-state index in [1.54, 1.807) is 0 Å². The molecule has 0 saturated heterocycles. The van der Waals surface area contributed by atoms with Crippen LogP contribution in [0.2, 0.25) is 0 Å². The number of benzene rings is 3. The summed E-state index contributed by atoms with van der Waals surface area (Å²) in [5.74, 6) is 1.22. The number of hydrogen-bond donors (Lipinski definition) is 0. The lowest BCUT2D eigenvalue weighted by atomic mass is 10.4. The summed E-state index contributed by atoms with van der Waals surface area (Å²) in [5, 5.41) is 7.72. The Hall–Kier alpha value is -2.75. The van der Waals surface area contributed by atoms with Gasteiger partial charge in [0.05, 0.1) is 12.6 Å². The number of aromatic nitrogens is 2. The van der Waals surface area contributed by atoms with E-state index in [-0.39, 0.29) is 5.12 Å². The van der Waals surface area contributed by atoms with Gasteiger partial charge in [0.15, 0.2) is 11.4 Å². The molecule has 1 heterocycles. The first kappa shape index (κ1) is 21.5. The summed E-state index contributed by atoms with van der Waals surface area (Å²) in [5.41, 5.74) is 0. The van der Waals surface area contributed by atoms with Crippen molar-refractivity contribution in [2.75, 3.05) is 11.9 Å². The van der Waals surface area contributed by atoms with Crippen LogP contribution in [0.3, 0.4) is 0 Å². The summed E-state index contributed by atoms with van der Waals surface area (Å²) < 4.78 is 5.02. The number of carbonyl (C=O) groups excluding carboxylic acids is 1. The number of nitrogens with zero attached hydrogens (tertiary/aromatic N) is 2. The molecule has 0 bridgehead atoms. The number of hydrogen-bond acceptors (Lipinski definition) is 5. The van der Waals surface area contributed by atoms with Crippen LogP contribution in [0.4, 0.5) is 0 Å². The molecule has 0 radical (unpaired) electrons. The first-order valence-corrected chi connectivity index (χ1v) is 13.2. The Morgan fingerprint density at radius 3 is 1.77 bits per heavy atom. The maximum atomic E-state index is 12.8. The Morgan fingerprint density at radius 2 is 1.32 bits per heavy atom. The number of rotatable bonds is 9. The molecule has 4 aromatic rings. The minimum absolute atomic E-state index is 0.201. The predicted molar refractivity (Wildman–Crippen MR) is 130 cm³/mol. The van der Waals surface area contributed by atoms with Gasteiger partial charge in [0.25, 0.3) is 0 Å². The topological polar surface area (TPSA) is 56.0 Å². The molecule has 1 aromatic heterocycles. The van der Waals surface area contributed by atoms with Crippen LogP contribution in [-0.4, -0.2) is 27.2 Å². The van der Waals surface area contributed by atoms with E-state index < -0.39 is 7.26 Å². The van der Waals surface area contributed by atoms with Crippen LogP contribution < -0.4 is 15.9 Å². The third-order valence-electron chi connectivity index (χ3n) is 5.23. The Morgan fingerprint density at radius 1 is 0.806 bits per heavy atom. The zero-order valence-corrected chi connectivity index (χ0v) is 18.8.